The predicted molar refractivity (Wildman–Crippen MR) is 112 cm³/mol. The fourth-order valence-electron chi connectivity index (χ4n) is 3.68. The molecule has 2 N–H and O–H groups in total. The van der Waals surface area contributed by atoms with Gasteiger partial charge in [0, 0.05) is 17.7 Å². The van der Waals surface area contributed by atoms with E-state index in [0.29, 0.717) is 29.6 Å². The van der Waals surface area contributed by atoms with Crippen molar-refractivity contribution >= 4 is 25.2 Å². The van der Waals surface area contributed by atoms with Crippen molar-refractivity contribution in [3.63, 3.8) is 0 Å². The van der Waals surface area contributed by atoms with E-state index >= 15 is 0 Å². The van der Waals surface area contributed by atoms with E-state index in [9.17, 15) is 14.2 Å². The Morgan fingerprint density at radius 3 is 2.77 bits per heavy atom. The number of rotatable bonds is 6. The SMILES string of the molecule is CCO[PH](=O)CO[C@@H]1[C@@H](C)C[C@H](c2c[nH]c3c(=O)[nH]cnc23)N1C(=O)OC(C)(C)C. The Hall–Kier alpha value is -2.16. The molecule has 1 aliphatic rings. The highest BCUT2D eigenvalue weighted by molar-refractivity contribution is 7.38. The van der Waals surface area contributed by atoms with Crippen molar-refractivity contribution in [1.29, 1.82) is 0 Å². The second kappa shape index (κ2) is 8.91. The Morgan fingerprint density at radius 1 is 1.37 bits per heavy atom. The smallest absolute Gasteiger partial charge is 0.412 e. The van der Waals surface area contributed by atoms with Gasteiger partial charge in [-0.1, -0.05) is 6.92 Å². The van der Waals surface area contributed by atoms with Crippen LogP contribution < -0.4 is 5.56 Å². The zero-order chi connectivity index (χ0) is 22.1. The van der Waals surface area contributed by atoms with Gasteiger partial charge in [0.05, 0.1) is 19.0 Å². The second-order valence-corrected chi connectivity index (χ2v) is 9.64. The summed E-state index contributed by atoms with van der Waals surface area (Å²) in [6, 6.07) is -0.419. The molecule has 0 aromatic carbocycles. The van der Waals surface area contributed by atoms with Crippen LogP contribution in [0.4, 0.5) is 4.79 Å². The van der Waals surface area contributed by atoms with Crippen molar-refractivity contribution in [3.8, 4) is 0 Å². The summed E-state index contributed by atoms with van der Waals surface area (Å²) in [5.41, 5.74) is 0.552. The van der Waals surface area contributed by atoms with Gasteiger partial charge in [-0.15, -0.1) is 0 Å². The van der Waals surface area contributed by atoms with E-state index in [2.05, 4.69) is 15.0 Å². The topological polar surface area (TPSA) is 127 Å². The first-order chi connectivity index (χ1) is 14.1. The minimum Gasteiger partial charge on any atom is -0.444 e. The minimum absolute atomic E-state index is 0.0640. The first kappa shape index (κ1) is 22.5. The molecule has 3 heterocycles. The first-order valence-corrected chi connectivity index (χ1v) is 11.5. The van der Waals surface area contributed by atoms with Crippen LogP contribution in [0, 0.1) is 5.92 Å². The summed E-state index contributed by atoms with van der Waals surface area (Å²) < 4.78 is 28.6. The van der Waals surface area contributed by atoms with Crippen LogP contribution in [0.25, 0.3) is 11.0 Å². The number of hydrogen-bond acceptors (Lipinski definition) is 7. The Labute approximate surface area is 175 Å². The second-order valence-electron chi connectivity index (χ2n) is 8.32. The summed E-state index contributed by atoms with van der Waals surface area (Å²) in [7, 11) is -2.36. The zero-order valence-electron chi connectivity index (χ0n) is 17.9. The molecule has 3 rings (SSSR count). The number of carbonyl (C=O) groups is 1. The Bertz CT molecular complexity index is 981. The van der Waals surface area contributed by atoms with E-state index in [-0.39, 0.29) is 17.8 Å². The Kier molecular flexibility index (Phi) is 6.69. The quantitative estimate of drug-likeness (QED) is 0.659. The number of hydrogen-bond donors (Lipinski definition) is 2. The maximum atomic E-state index is 13.1. The molecule has 0 aliphatic carbocycles. The molecule has 1 saturated heterocycles. The van der Waals surface area contributed by atoms with Crippen LogP contribution in [0.2, 0.25) is 0 Å². The summed E-state index contributed by atoms with van der Waals surface area (Å²) in [6.07, 6.45) is 2.31. The Morgan fingerprint density at radius 2 is 2.10 bits per heavy atom. The molecular weight excluding hydrogens is 411 g/mol. The van der Waals surface area contributed by atoms with Gasteiger partial charge in [0.15, 0.2) is 0 Å². The third kappa shape index (κ3) is 4.77. The van der Waals surface area contributed by atoms with Crippen molar-refractivity contribution in [3.05, 3.63) is 28.4 Å². The molecule has 0 spiro atoms. The molecule has 1 amide bonds. The van der Waals surface area contributed by atoms with E-state index in [1.54, 1.807) is 33.9 Å². The summed E-state index contributed by atoms with van der Waals surface area (Å²) in [4.78, 5) is 36.5. The lowest BCUT2D eigenvalue weighted by atomic mass is 10.0. The third-order valence-corrected chi connectivity index (χ3v) is 5.84. The number of aromatic amines is 2. The normalized spacial score (nSPS) is 23.1. The number of likely N-dealkylation sites (tertiary alicyclic amines) is 1. The molecule has 1 aliphatic heterocycles. The first-order valence-electron chi connectivity index (χ1n) is 9.95. The van der Waals surface area contributed by atoms with Gasteiger partial charge in [0.2, 0.25) is 8.03 Å². The fraction of sp³-hybridized carbons (Fsp3) is 0.632. The van der Waals surface area contributed by atoms with E-state index < -0.39 is 32.0 Å². The third-order valence-electron chi connectivity index (χ3n) is 4.83. The van der Waals surface area contributed by atoms with Crippen LogP contribution >= 0.6 is 8.03 Å². The maximum absolute atomic E-state index is 13.1. The lowest BCUT2D eigenvalue weighted by molar-refractivity contribution is -0.0607. The lowest BCUT2D eigenvalue weighted by Crippen LogP contribution is -2.43. The molecule has 2 aromatic heterocycles. The number of nitrogens with one attached hydrogen (secondary N) is 2. The van der Waals surface area contributed by atoms with Crippen LogP contribution in [0.1, 0.15) is 52.6 Å². The van der Waals surface area contributed by atoms with Gasteiger partial charge in [-0.3, -0.25) is 14.3 Å². The van der Waals surface area contributed by atoms with Crippen molar-refractivity contribution in [2.75, 3.05) is 13.0 Å². The summed E-state index contributed by atoms with van der Waals surface area (Å²) in [5.74, 6) is -0.0640. The molecule has 4 atom stereocenters. The number of carbonyl (C=O) groups excluding carboxylic acids is 1. The number of ether oxygens (including phenoxy) is 2. The van der Waals surface area contributed by atoms with Crippen LogP contribution in [-0.2, 0) is 18.6 Å². The molecule has 11 heteroatoms. The van der Waals surface area contributed by atoms with E-state index in [1.807, 2.05) is 6.92 Å². The highest BCUT2D eigenvalue weighted by Crippen LogP contribution is 2.43. The summed E-state index contributed by atoms with van der Waals surface area (Å²) in [5, 5.41) is 0. The van der Waals surface area contributed by atoms with Crippen molar-refractivity contribution < 1.29 is 23.4 Å². The predicted octanol–water partition coefficient (Wildman–Crippen LogP) is 3.38. The van der Waals surface area contributed by atoms with Crippen LogP contribution in [-0.4, -0.2) is 50.7 Å². The molecular formula is C19H29N4O6P. The highest BCUT2D eigenvalue weighted by atomic mass is 31.1. The number of H-pyrrole nitrogens is 2. The van der Waals surface area contributed by atoms with Gasteiger partial charge in [0.1, 0.15) is 29.2 Å². The van der Waals surface area contributed by atoms with Gasteiger partial charge < -0.3 is 24.0 Å². The average Bonchev–Trinajstić information content (AvgIpc) is 3.20. The average molecular weight is 440 g/mol. The van der Waals surface area contributed by atoms with Crippen LogP contribution in [0.3, 0.4) is 0 Å². The van der Waals surface area contributed by atoms with Gasteiger partial charge in [-0.2, -0.15) is 0 Å². The molecule has 10 nitrogen and oxygen atoms in total. The molecule has 1 unspecified atom stereocenters. The van der Waals surface area contributed by atoms with Gasteiger partial charge >= 0.3 is 6.09 Å². The van der Waals surface area contributed by atoms with Crippen molar-refractivity contribution in [2.45, 2.75) is 58.9 Å². The minimum atomic E-state index is -2.36. The van der Waals surface area contributed by atoms with E-state index in [4.69, 9.17) is 14.0 Å². The largest absolute Gasteiger partial charge is 0.444 e. The fourth-order valence-corrected chi connectivity index (χ4v) is 4.39. The zero-order valence-corrected chi connectivity index (χ0v) is 18.9. The van der Waals surface area contributed by atoms with E-state index in [1.165, 1.54) is 11.2 Å². The van der Waals surface area contributed by atoms with Crippen molar-refractivity contribution in [1.82, 2.24) is 19.9 Å². The standard InChI is InChI=1S/C19H29N4O6P/c1-6-28-30(26)10-27-17-11(2)7-13(23(17)18(25)29-19(3,4)5)12-8-20-15-14(12)21-9-22-16(15)24/h8-9,11,13,17,20,30H,6-7,10H2,1-5H3,(H,21,22,24)/t11-,13+,17+/m0/s1. The van der Waals surface area contributed by atoms with Gasteiger partial charge in [-0.05, 0) is 34.1 Å². The monoisotopic (exact) mass is 440 g/mol. The van der Waals surface area contributed by atoms with E-state index in [0.717, 1.165) is 0 Å². The van der Waals surface area contributed by atoms with Crippen LogP contribution in [0.5, 0.6) is 0 Å². The van der Waals surface area contributed by atoms with Gasteiger partial charge in [-0.25, -0.2) is 9.78 Å². The molecule has 1 fully saturated rings. The molecule has 30 heavy (non-hydrogen) atoms. The molecule has 0 radical (unpaired) electrons. The number of nitrogens with zero attached hydrogens (tertiary/aromatic N) is 2. The van der Waals surface area contributed by atoms with Crippen molar-refractivity contribution in [2.24, 2.45) is 5.92 Å². The number of fused-ring (bicyclic) bond motifs is 1. The molecule has 2 aromatic rings. The summed E-state index contributed by atoms with van der Waals surface area (Å²) >= 11 is 0. The maximum Gasteiger partial charge on any atom is 0.412 e. The molecule has 0 bridgehead atoms. The molecule has 166 valence electrons. The highest BCUT2D eigenvalue weighted by Gasteiger charge is 2.46. The number of aromatic nitrogens is 3. The molecule has 0 saturated carbocycles. The van der Waals surface area contributed by atoms with Crippen LogP contribution in [0.15, 0.2) is 17.3 Å². The summed E-state index contributed by atoms with van der Waals surface area (Å²) in [6.45, 7) is 9.40. The Balaban J connectivity index is 1.96. The van der Waals surface area contributed by atoms with Gasteiger partial charge in [0.25, 0.3) is 5.56 Å². The lowest BCUT2D eigenvalue weighted by Gasteiger charge is -2.32. The number of amides is 1.